The van der Waals surface area contributed by atoms with Gasteiger partial charge in [0.2, 0.25) is 5.95 Å². The van der Waals surface area contributed by atoms with Gasteiger partial charge in [0.15, 0.2) is 0 Å². The van der Waals surface area contributed by atoms with Crippen molar-refractivity contribution in [2.24, 2.45) is 0 Å². The maximum atomic E-state index is 14.0. The number of aryl methyl sites for hydroxylation is 1. The van der Waals surface area contributed by atoms with Gasteiger partial charge in [-0.05, 0) is 37.3 Å². The van der Waals surface area contributed by atoms with Gasteiger partial charge in [-0.15, -0.1) is 0 Å². The Morgan fingerprint density at radius 2 is 1.59 bits per heavy atom. The summed E-state index contributed by atoms with van der Waals surface area (Å²) in [5.74, 6) is 0.0389. The van der Waals surface area contributed by atoms with E-state index in [2.05, 4.69) is 15.3 Å². The molecule has 1 N–H and O–H groups in total. The maximum absolute atomic E-state index is 14.0. The van der Waals surface area contributed by atoms with Crippen LogP contribution in [-0.2, 0) is 0 Å². The normalized spacial score (nSPS) is 14.0. The summed E-state index contributed by atoms with van der Waals surface area (Å²) in [4.78, 5) is 25.6. The molecule has 0 radical (unpaired) electrons. The molecule has 0 unspecified atom stereocenters. The van der Waals surface area contributed by atoms with Gasteiger partial charge in [-0.1, -0.05) is 30.3 Å². The number of hydrogen-bond acceptors (Lipinski definition) is 5. The van der Waals surface area contributed by atoms with Crippen molar-refractivity contribution in [3.63, 3.8) is 0 Å². The lowest BCUT2D eigenvalue weighted by Gasteiger charge is -2.36. The van der Waals surface area contributed by atoms with Gasteiger partial charge >= 0.3 is 0 Å². The average molecular weight is 391 g/mol. The Morgan fingerprint density at radius 1 is 0.931 bits per heavy atom. The number of nitrogens with zero attached hydrogens (tertiary/aromatic N) is 4. The molecule has 4 rings (SSSR count). The summed E-state index contributed by atoms with van der Waals surface area (Å²) in [6.07, 6.45) is 0. The number of carbonyl (C=O) groups is 1. The van der Waals surface area contributed by atoms with Crippen LogP contribution in [0.25, 0.3) is 0 Å². The number of rotatable bonds is 4. The highest BCUT2D eigenvalue weighted by atomic mass is 19.1. The van der Waals surface area contributed by atoms with Crippen LogP contribution < -0.4 is 15.1 Å². The number of halogens is 1. The monoisotopic (exact) mass is 391 g/mol. The summed E-state index contributed by atoms with van der Waals surface area (Å²) in [7, 11) is 0. The number of benzene rings is 2. The third-order valence-electron chi connectivity index (χ3n) is 4.86. The van der Waals surface area contributed by atoms with Gasteiger partial charge in [0.1, 0.15) is 11.5 Å². The quantitative estimate of drug-likeness (QED) is 0.738. The van der Waals surface area contributed by atoms with Crippen molar-refractivity contribution in [2.45, 2.75) is 6.92 Å². The highest BCUT2D eigenvalue weighted by Gasteiger charge is 2.22. The summed E-state index contributed by atoms with van der Waals surface area (Å²) in [6, 6.07) is 17.8. The van der Waals surface area contributed by atoms with Gasteiger partial charge in [0, 0.05) is 37.6 Å². The van der Waals surface area contributed by atoms with E-state index in [9.17, 15) is 9.18 Å². The molecule has 1 fully saturated rings. The van der Waals surface area contributed by atoms with Crippen LogP contribution in [-0.4, -0.2) is 42.1 Å². The van der Waals surface area contributed by atoms with E-state index >= 15 is 0 Å². The molecular weight excluding hydrogens is 369 g/mol. The van der Waals surface area contributed by atoms with Crippen LogP contribution in [0, 0.1) is 12.7 Å². The maximum Gasteiger partial charge on any atom is 0.274 e. The highest BCUT2D eigenvalue weighted by Crippen LogP contribution is 2.22. The summed E-state index contributed by atoms with van der Waals surface area (Å²) < 4.78 is 14.0. The number of carbonyl (C=O) groups excluding carboxylic acids is 1. The molecule has 6 nitrogen and oxygen atoms in total. The molecule has 1 amide bonds. The van der Waals surface area contributed by atoms with Crippen LogP contribution in [0.1, 0.15) is 16.2 Å². The predicted molar refractivity (Wildman–Crippen MR) is 112 cm³/mol. The number of aromatic nitrogens is 2. The van der Waals surface area contributed by atoms with E-state index in [-0.39, 0.29) is 11.7 Å². The predicted octanol–water partition coefficient (Wildman–Crippen LogP) is 3.50. The van der Waals surface area contributed by atoms with E-state index in [1.165, 1.54) is 6.07 Å². The molecule has 3 aromatic rings. The minimum atomic E-state index is -0.270. The fourth-order valence-electron chi connectivity index (χ4n) is 3.38. The second kappa shape index (κ2) is 8.26. The first kappa shape index (κ1) is 18.9. The summed E-state index contributed by atoms with van der Waals surface area (Å²) in [6.45, 7) is 4.46. The second-order valence-electron chi connectivity index (χ2n) is 6.94. The van der Waals surface area contributed by atoms with E-state index in [0.717, 1.165) is 5.69 Å². The summed E-state index contributed by atoms with van der Waals surface area (Å²) >= 11 is 0. The molecule has 7 heteroatoms. The van der Waals surface area contributed by atoms with Crippen LogP contribution in [0.5, 0.6) is 0 Å². The summed E-state index contributed by atoms with van der Waals surface area (Å²) in [5, 5.41) is 2.85. The number of anilines is 3. The van der Waals surface area contributed by atoms with Gasteiger partial charge in [-0.3, -0.25) is 4.79 Å². The molecule has 0 atom stereocenters. The zero-order valence-corrected chi connectivity index (χ0v) is 16.2. The molecule has 1 aliphatic heterocycles. The first-order valence-electron chi connectivity index (χ1n) is 9.57. The van der Waals surface area contributed by atoms with Gasteiger partial charge in [0.05, 0.1) is 5.69 Å². The Hall–Kier alpha value is -3.48. The van der Waals surface area contributed by atoms with Crippen molar-refractivity contribution in [1.29, 1.82) is 0 Å². The molecule has 0 aliphatic carbocycles. The van der Waals surface area contributed by atoms with Crippen molar-refractivity contribution in [2.75, 3.05) is 41.3 Å². The SMILES string of the molecule is Cc1cc(C(=O)Nc2ccccc2)nc(N2CCN(c3ccccc3F)CC2)n1. The van der Waals surface area contributed by atoms with Crippen LogP contribution >= 0.6 is 0 Å². The molecular formula is C22H22FN5O. The van der Waals surface area contributed by atoms with Crippen LogP contribution in [0.3, 0.4) is 0 Å². The van der Waals surface area contributed by atoms with Crippen molar-refractivity contribution >= 4 is 23.2 Å². The third-order valence-corrected chi connectivity index (χ3v) is 4.86. The van der Waals surface area contributed by atoms with Gasteiger partial charge in [-0.2, -0.15) is 0 Å². The fraction of sp³-hybridized carbons (Fsp3) is 0.227. The number of amides is 1. The molecule has 2 aromatic carbocycles. The molecule has 1 saturated heterocycles. The smallest absolute Gasteiger partial charge is 0.274 e. The Morgan fingerprint density at radius 3 is 2.31 bits per heavy atom. The Kier molecular flexibility index (Phi) is 5.37. The Labute approximate surface area is 169 Å². The fourth-order valence-corrected chi connectivity index (χ4v) is 3.38. The lowest BCUT2D eigenvalue weighted by atomic mass is 10.2. The molecule has 1 aliphatic rings. The second-order valence-corrected chi connectivity index (χ2v) is 6.94. The zero-order chi connectivity index (χ0) is 20.2. The molecule has 29 heavy (non-hydrogen) atoms. The summed E-state index contributed by atoms with van der Waals surface area (Å²) in [5.41, 5.74) is 2.38. The number of piperazine rings is 1. The molecule has 0 bridgehead atoms. The zero-order valence-electron chi connectivity index (χ0n) is 16.2. The third kappa shape index (κ3) is 4.34. The standard InChI is InChI=1S/C22H22FN5O/c1-16-15-19(21(29)25-17-7-3-2-4-8-17)26-22(24-16)28-13-11-27(12-14-28)20-10-6-5-9-18(20)23/h2-10,15H,11-14H2,1H3,(H,25,29). The average Bonchev–Trinajstić information content (AvgIpc) is 2.74. The Bertz CT molecular complexity index is 1000. The molecule has 1 aromatic heterocycles. The van der Waals surface area contributed by atoms with Crippen LogP contribution in [0.4, 0.5) is 21.7 Å². The molecule has 2 heterocycles. The van der Waals surface area contributed by atoms with Gasteiger partial charge < -0.3 is 15.1 Å². The minimum Gasteiger partial charge on any atom is -0.366 e. The molecule has 0 saturated carbocycles. The number of para-hydroxylation sites is 2. The van der Waals surface area contributed by atoms with Gasteiger partial charge in [-0.25, -0.2) is 14.4 Å². The molecule has 0 spiro atoms. The van der Waals surface area contributed by atoms with E-state index < -0.39 is 0 Å². The topological polar surface area (TPSA) is 61.4 Å². The van der Waals surface area contributed by atoms with Gasteiger partial charge in [0.25, 0.3) is 5.91 Å². The van der Waals surface area contributed by atoms with Crippen LogP contribution in [0.2, 0.25) is 0 Å². The lowest BCUT2D eigenvalue weighted by molar-refractivity contribution is 0.102. The molecule has 148 valence electrons. The first-order valence-corrected chi connectivity index (χ1v) is 9.57. The van der Waals surface area contributed by atoms with E-state index in [0.29, 0.717) is 49.2 Å². The number of nitrogens with one attached hydrogen (secondary N) is 1. The van der Waals surface area contributed by atoms with Crippen LogP contribution in [0.15, 0.2) is 60.7 Å². The highest BCUT2D eigenvalue weighted by molar-refractivity contribution is 6.03. The van der Waals surface area contributed by atoms with E-state index in [1.807, 2.05) is 53.1 Å². The van der Waals surface area contributed by atoms with Crippen molar-refractivity contribution in [1.82, 2.24) is 9.97 Å². The lowest BCUT2D eigenvalue weighted by Crippen LogP contribution is -2.47. The number of hydrogen-bond donors (Lipinski definition) is 1. The first-order chi connectivity index (χ1) is 14.1. The van der Waals surface area contributed by atoms with Crippen molar-refractivity contribution in [3.8, 4) is 0 Å². The largest absolute Gasteiger partial charge is 0.366 e. The van der Waals surface area contributed by atoms with E-state index in [4.69, 9.17) is 0 Å². The minimum absolute atomic E-state index is 0.215. The Balaban J connectivity index is 1.47. The van der Waals surface area contributed by atoms with Crippen molar-refractivity contribution < 1.29 is 9.18 Å². The van der Waals surface area contributed by atoms with Crippen molar-refractivity contribution in [3.05, 3.63) is 77.9 Å². The van der Waals surface area contributed by atoms with E-state index in [1.54, 1.807) is 18.2 Å².